The van der Waals surface area contributed by atoms with Crippen molar-refractivity contribution in [2.45, 2.75) is 6.54 Å². The first-order chi connectivity index (χ1) is 11.7. The zero-order valence-electron chi connectivity index (χ0n) is 13.0. The molecule has 0 fully saturated rings. The fourth-order valence-electron chi connectivity index (χ4n) is 2.40. The van der Waals surface area contributed by atoms with Crippen molar-refractivity contribution in [2.24, 2.45) is 0 Å². The summed E-state index contributed by atoms with van der Waals surface area (Å²) in [6.07, 6.45) is 3.48. The third-order valence-corrected chi connectivity index (χ3v) is 3.85. The first-order valence-electron chi connectivity index (χ1n) is 7.37. The molecule has 0 spiro atoms. The quantitative estimate of drug-likeness (QED) is 0.744. The topological polar surface area (TPSA) is 67.0 Å². The zero-order chi connectivity index (χ0) is 16.9. The van der Waals surface area contributed by atoms with Gasteiger partial charge in [0.25, 0.3) is 5.91 Å². The van der Waals surface area contributed by atoms with Gasteiger partial charge in [-0.25, -0.2) is 0 Å². The average Bonchev–Trinajstić information content (AvgIpc) is 3.13. The van der Waals surface area contributed by atoms with Gasteiger partial charge in [0.2, 0.25) is 0 Å². The highest BCUT2D eigenvalue weighted by Gasteiger charge is 2.12. The fourth-order valence-corrected chi connectivity index (χ4v) is 2.61. The summed E-state index contributed by atoms with van der Waals surface area (Å²) in [5.41, 5.74) is 3.24. The molecule has 3 aromatic rings. The first-order valence-corrected chi connectivity index (χ1v) is 7.75. The number of rotatable bonds is 5. The van der Waals surface area contributed by atoms with Crippen LogP contribution in [0.15, 0.2) is 54.9 Å². The number of methoxy groups -OCH3 is 1. The first kappa shape index (κ1) is 16.1. The Morgan fingerprint density at radius 3 is 2.88 bits per heavy atom. The van der Waals surface area contributed by atoms with Gasteiger partial charge < -0.3 is 10.1 Å². The minimum Gasteiger partial charge on any atom is -0.496 e. The maximum atomic E-state index is 12.4. The smallest absolute Gasteiger partial charge is 0.251 e. The molecule has 2 aromatic carbocycles. The van der Waals surface area contributed by atoms with Crippen molar-refractivity contribution in [1.82, 2.24) is 15.5 Å². The van der Waals surface area contributed by atoms with Gasteiger partial charge in [-0.2, -0.15) is 5.10 Å². The van der Waals surface area contributed by atoms with Gasteiger partial charge in [0.15, 0.2) is 0 Å². The van der Waals surface area contributed by atoms with Crippen LogP contribution in [0.5, 0.6) is 5.75 Å². The highest BCUT2D eigenvalue weighted by Crippen LogP contribution is 2.30. The summed E-state index contributed by atoms with van der Waals surface area (Å²) < 4.78 is 5.40. The van der Waals surface area contributed by atoms with Crippen molar-refractivity contribution in [3.8, 4) is 16.9 Å². The molecular formula is C18H16ClN3O2. The Hall–Kier alpha value is -2.79. The Balaban J connectivity index is 1.75. The summed E-state index contributed by atoms with van der Waals surface area (Å²) in [5, 5.41) is 10.2. The largest absolute Gasteiger partial charge is 0.496 e. The van der Waals surface area contributed by atoms with Crippen LogP contribution in [0.25, 0.3) is 11.1 Å². The van der Waals surface area contributed by atoms with E-state index < -0.39 is 0 Å². The second kappa shape index (κ2) is 7.19. The summed E-state index contributed by atoms with van der Waals surface area (Å²) in [6, 6.07) is 12.7. The van der Waals surface area contributed by atoms with Gasteiger partial charge in [0.1, 0.15) is 5.75 Å². The number of nitrogens with zero attached hydrogens (tertiary/aromatic N) is 1. The Morgan fingerprint density at radius 1 is 1.29 bits per heavy atom. The van der Waals surface area contributed by atoms with Gasteiger partial charge in [-0.3, -0.25) is 9.89 Å². The molecule has 0 unspecified atom stereocenters. The number of carbonyl (C=O) groups excluding carboxylic acids is 1. The van der Waals surface area contributed by atoms with Crippen molar-refractivity contribution >= 4 is 17.5 Å². The Bertz CT molecular complexity index is 847. The van der Waals surface area contributed by atoms with Crippen LogP contribution < -0.4 is 10.1 Å². The van der Waals surface area contributed by atoms with Crippen molar-refractivity contribution in [1.29, 1.82) is 0 Å². The fraction of sp³-hybridized carbons (Fsp3) is 0.111. The standard InChI is InChI=1S/C18H16ClN3O2/c1-24-17-8-13(5-6-16(17)14-10-21-22-11-14)18(23)20-9-12-3-2-4-15(19)7-12/h2-8,10-11H,9H2,1H3,(H,20,23)(H,21,22). The monoisotopic (exact) mass is 341 g/mol. The third kappa shape index (κ3) is 3.58. The Labute approximate surface area is 144 Å². The van der Waals surface area contributed by atoms with E-state index in [1.807, 2.05) is 24.3 Å². The number of nitrogens with one attached hydrogen (secondary N) is 2. The second-order valence-corrected chi connectivity index (χ2v) is 5.65. The van der Waals surface area contributed by atoms with Crippen LogP contribution in [0.3, 0.4) is 0 Å². The summed E-state index contributed by atoms with van der Waals surface area (Å²) in [5.74, 6) is 0.443. The molecule has 0 aliphatic rings. The number of benzene rings is 2. The van der Waals surface area contributed by atoms with E-state index in [9.17, 15) is 4.79 Å². The van der Waals surface area contributed by atoms with Crippen LogP contribution in [0.4, 0.5) is 0 Å². The number of hydrogen-bond acceptors (Lipinski definition) is 3. The van der Waals surface area contributed by atoms with Crippen LogP contribution in [0.2, 0.25) is 5.02 Å². The molecular weight excluding hydrogens is 326 g/mol. The molecule has 6 heteroatoms. The Kier molecular flexibility index (Phi) is 4.82. The van der Waals surface area contributed by atoms with E-state index in [-0.39, 0.29) is 5.91 Å². The predicted octanol–water partition coefficient (Wildman–Crippen LogP) is 3.67. The van der Waals surface area contributed by atoms with Crippen LogP contribution in [-0.4, -0.2) is 23.2 Å². The van der Waals surface area contributed by atoms with Gasteiger partial charge in [-0.1, -0.05) is 23.7 Å². The molecule has 1 heterocycles. The number of H-pyrrole nitrogens is 1. The van der Waals surface area contributed by atoms with E-state index in [0.717, 1.165) is 16.7 Å². The van der Waals surface area contributed by atoms with Crippen molar-refractivity contribution in [3.05, 3.63) is 71.0 Å². The van der Waals surface area contributed by atoms with E-state index in [4.69, 9.17) is 16.3 Å². The lowest BCUT2D eigenvalue weighted by molar-refractivity contribution is 0.0950. The van der Waals surface area contributed by atoms with E-state index in [2.05, 4.69) is 15.5 Å². The lowest BCUT2D eigenvalue weighted by Crippen LogP contribution is -2.22. The van der Waals surface area contributed by atoms with E-state index in [0.29, 0.717) is 22.9 Å². The second-order valence-electron chi connectivity index (χ2n) is 5.21. The maximum absolute atomic E-state index is 12.4. The van der Waals surface area contributed by atoms with Crippen LogP contribution >= 0.6 is 11.6 Å². The average molecular weight is 342 g/mol. The molecule has 24 heavy (non-hydrogen) atoms. The van der Waals surface area contributed by atoms with Crippen LogP contribution in [0.1, 0.15) is 15.9 Å². The van der Waals surface area contributed by atoms with Gasteiger partial charge >= 0.3 is 0 Å². The molecule has 5 nitrogen and oxygen atoms in total. The van der Waals surface area contributed by atoms with Gasteiger partial charge in [-0.05, 0) is 35.9 Å². The number of halogens is 1. The molecule has 1 aromatic heterocycles. The molecule has 3 rings (SSSR count). The van der Waals surface area contributed by atoms with E-state index in [1.165, 1.54) is 0 Å². The van der Waals surface area contributed by atoms with Crippen molar-refractivity contribution in [2.75, 3.05) is 7.11 Å². The molecule has 0 atom stereocenters. The molecule has 122 valence electrons. The van der Waals surface area contributed by atoms with Crippen molar-refractivity contribution in [3.63, 3.8) is 0 Å². The molecule has 0 aliphatic carbocycles. The molecule has 0 radical (unpaired) electrons. The molecule has 1 amide bonds. The summed E-state index contributed by atoms with van der Waals surface area (Å²) >= 11 is 5.95. The number of hydrogen-bond donors (Lipinski definition) is 2. The number of aromatic nitrogens is 2. The minimum atomic E-state index is -0.174. The Morgan fingerprint density at radius 2 is 2.17 bits per heavy atom. The molecule has 0 saturated carbocycles. The zero-order valence-corrected chi connectivity index (χ0v) is 13.8. The van der Waals surface area contributed by atoms with Gasteiger partial charge in [0, 0.05) is 34.5 Å². The lowest BCUT2D eigenvalue weighted by Gasteiger charge is -2.10. The predicted molar refractivity (Wildman–Crippen MR) is 93.2 cm³/mol. The summed E-state index contributed by atoms with van der Waals surface area (Å²) in [7, 11) is 1.58. The van der Waals surface area contributed by atoms with Crippen molar-refractivity contribution < 1.29 is 9.53 Å². The molecule has 0 bridgehead atoms. The summed E-state index contributed by atoms with van der Waals surface area (Å²) in [4.78, 5) is 12.4. The molecule has 0 aliphatic heterocycles. The normalized spacial score (nSPS) is 10.4. The SMILES string of the molecule is COc1cc(C(=O)NCc2cccc(Cl)c2)ccc1-c1cn[nH]c1. The van der Waals surface area contributed by atoms with Crippen LogP contribution in [0, 0.1) is 0 Å². The minimum absolute atomic E-state index is 0.174. The third-order valence-electron chi connectivity index (χ3n) is 3.62. The number of amides is 1. The van der Waals surface area contributed by atoms with Gasteiger partial charge in [-0.15, -0.1) is 0 Å². The highest BCUT2D eigenvalue weighted by molar-refractivity contribution is 6.30. The maximum Gasteiger partial charge on any atom is 0.251 e. The highest BCUT2D eigenvalue weighted by atomic mass is 35.5. The van der Waals surface area contributed by atoms with Gasteiger partial charge in [0.05, 0.1) is 13.3 Å². The number of aromatic amines is 1. The molecule has 0 saturated heterocycles. The van der Waals surface area contributed by atoms with E-state index in [1.54, 1.807) is 37.7 Å². The number of ether oxygens (including phenoxy) is 1. The molecule has 2 N–H and O–H groups in total. The lowest BCUT2D eigenvalue weighted by atomic mass is 10.1. The number of carbonyl (C=O) groups is 1. The van der Waals surface area contributed by atoms with E-state index >= 15 is 0 Å². The van der Waals surface area contributed by atoms with Crippen LogP contribution in [-0.2, 0) is 6.54 Å². The summed E-state index contributed by atoms with van der Waals surface area (Å²) in [6.45, 7) is 0.408.